The lowest BCUT2D eigenvalue weighted by molar-refractivity contribution is 0.327. The molecule has 1 aromatic carbocycles. The minimum Gasteiger partial charge on any atom is -0.478 e. The van der Waals surface area contributed by atoms with Crippen LogP contribution in [-0.4, -0.2) is 11.6 Å². The number of aromatic nitrogens is 1. The maximum absolute atomic E-state index is 13.2. The molecule has 0 saturated heterocycles. The monoisotopic (exact) mass is 271 g/mol. The number of rotatable bonds is 5. The second-order valence-corrected chi connectivity index (χ2v) is 4.10. The van der Waals surface area contributed by atoms with Crippen LogP contribution >= 0.6 is 0 Å². The maximum Gasteiger partial charge on any atom is 0.213 e. The van der Waals surface area contributed by atoms with Gasteiger partial charge in [-0.25, -0.2) is 9.37 Å². The first-order valence-electron chi connectivity index (χ1n) is 6.24. The second-order valence-electron chi connectivity index (χ2n) is 4.10. The fourth-order valence-corrected chi connectivity index (χ4v) is 1.69. The van der Waals surface area contributed by atoms with Crippen molar-refractivity contribution in [3.05, 3.63) is 53.5 Å². The van der Waals surface area contributed by atoms with Crippen molar-refractivity contribution >= 4 is 5.69 Å². The van der Waals surface area contributed by atoms with Crippen molar-refractivity contribution in [2.45, 2.75) is 13.5 Å². The molecular formula is C15H14FN3O. The van der Waals surface area contributed by atoms with Gasteiger partial charge in [-0.1, -0.05) is 6.07 Å². The quantitative estimate of drug-likeness (QED) is 0.907. The van der Waals surface area contributed by atoms with E-state index in [0.717, 1.165) is 11.3 Å². The van der Waals surface area contributed by atoms with E-state index in [0.29, 0.717) is 19.0 Å². The van der Waals surface area contributed by atoms with Gasteiger partial charge >= 0.3 is 0 Å². The van der Waals surface area contributed by atoms with Gasteiger partial charge in [0.25, 0.3) is 0 Å². The van der Waals surface area contributed by atoms with Gasteiger partial charge in [0.2, 0.25) is 5.88 Å². The van der Waals surface area contributed by atoms with Crippen LogP contribution in [0.15, 0.2) is 36.5 Å². The Hall–Kier alpha value is -2.61. The Morgan fingerprint density at radius 1 is 1.35 bits per heavy atom. The van der Waals surface area contributed by atoms with Crippen molar-refractivity contribution < 1.29 is 9.13 Å². The Balaban J connectivity index is 2.00. The van der Waals surface area contributed by atoms with Gasteiger partial charge in [-0.05, 0) is 30.7 Å². The minimum atomic E-state index is -0.501. The third-order valence-corrected chi connectivity index (χ3v) is 2.68. The third-order valence-electron chi connectivity index (χ3n) is 2.68. The molecule has 0 aliphatic heterocycles. The first-order chi connectivity index (χ1) is 9.72. The summed E-state index contributed by atoms with van der Waals surface area (Å²) in [4.78, 5) is 4.13. The molecule has 2 rings (SSSR count). The van der Waals surface area contributed by atoms with Gasteiger partial charge in [-0.15, -0.1) is 0 Å². The first kappa shape index (κ1) is 13.8. The van der Waals surface area contributed by atoms with Crippen LogP contribution in [0, 0.1) is 17.1 Å². The Morgan fingerprint density at radius 3 is 2.85 bits per heavy atom. The summed E-state index contributed by atoms with van der Waals surface area (Å²) in [5.74, 6) is 0.0746. The molecule has 0 spiro atoms. The molecule has 1 aromatic heterocycles. The van der Waals surface area contributed by atoms with Gasteiger partial charge in [0.15, 0.2) is 0 Å². The molecular weight excluding hydrogens is 257 g/mol. The van der Waals surface area contributed by atoms with E-state index in [2.05, 4.69) is 10.3 Å². The molecule has 0 atom stereocenters. The number of nitriles is 1. The average molecular weight is 271 g/mol. The Morgan fingerprint density at radius 2 is 2.20 bits per heavy atom. The molecule has 1 N–H and O–H groups in total. The Kier molecular flexibility index (Phi) is 4.51. The zero-order valence-corrected chi connectivity index (χ0v) is 11.1. The van der Waals surface area contributed by atoms with Crippen molar-refractivity contribution in [2.24, 2.45) is 0 Å². The van der Waals surface area contributed by atoms with Gasteiger partial charge in [-0.2, -0.15) is 5.26 Å². The van der Waals surface area contributed by atoms with E-state index >= 15 is 0 Å². The van der Waals surface area contributed by atoms with Gasteiger partial charge < -0.3 is 10.1 Å². The molecule has 0 bridgehead atoms. The molecule has 4 nitrogen and oxygen atoms in total. The summed E-state index contributed by atoms with van der Waals surface area (Å²) in [6, 6.07) is 9.93. The lowest BCUT2D eigenvalue weighted by Crippen LogP contribution is -2.01. The fraction of sp³-hybridized carbons (Fsp3) is 0.200. The number of hydrogen-bond donors (Lipinski definition) is 1. The van der Waals surface area contributed by atoms with E-state index in [-0.39, 0.29) is 5.56 Å². The summed E-state index contributed by atoms with van der Waals surface area (Å²) in [5.41, 5.74) is 1.71. The highest BCUT2D eigenvalue weighted by molar-refractivity contribution is 5.43. The predicted octanol–water partition coefficient (Wildman–Crippen LogP) is 3.10. The molecule has 0 aliphatic carbocycles. The van der Waals surface area contributed by atoms with Crippen LogP contribution in [0.3, 0.4) is 0 Å². The lowest BCUT2D eigenvalue weighted by atomic mass is 10.1. The normalized spacial score (nSPS) is 9.85. The van der Waals surface area contributed by atoms with E-state index in [1.165, 1.54) is 12.1 Å². The molecule has 0 aliphatic rings. The third kappa shape index (κ3) is 3.45. The second kappa shape index (κ2) is 6.53. The largest absolute Gasteiger partial charge is 0.478 e. The molecule has 20 heavy (non-hydrogen) atoms. The van der Waals surface area contributed by atoms with Crippen molar-refractivity contribution in [3.8, 4) is 11.9 Å². The number of nitrogens with one attached hydrogen (secondary N) is 1. The first-order valence-corrected chi connectivity index (χ1v) is 6.24. The molecule has 0 saturated carbocycles. The van der Waals surface area contributed by atoms with Gasteiger partial charge in [0, 0.05) is 12.6 Å². The fourth-order valence-electron chi connectivity index (χ4n) is 1.69. The average Bonchev–Trinajstić information content (AvgIpc) is 2.48. The SMILES string of the molecule is CCOc1ccc(NCc2ccc(F)c(C#N)c2)cn1. The zero-order valence-electron chi connectivity index (χ0n) is 11.1. The van der Waals surface area contributed by atoms with Crippen molar-refractivity contribution in [1.82, 2.24) is 4.98 Å². The molecule has 0 radical (unpaired) electrons. The van der Waals surface area contributed by atoms with Crippen LogP contribution in [-0.2, 0) is 6.54 Å². The number of halogens is 1. The molecule has 2 aromatic rings. The minimum absolute atomic E-state index is 0.0501. The molecule has 5 heteroatoms. The van der Waals surface area contributed by atoms with E-state index in [4.69, 9.17) is 10.00 Å². The number of anilines is 1. The number of ether oxygens (including phenoxy) is 1. The van der Waals surface area contributed by atoms with Crippen LogP contribution in [0.4, 0.5) is 10.1 Å². The Bertz CT molecular complexity index is 620. The van der Waals surface area contributed by atoms with E-state index in [1.807, 2.05) is 19.1 Å². The smallest absolute Gasteiger partial charge is 0.213 e. The zero-order chi connectivity index (χ0) is 14.4. The highest BCUT2D eigenvalue weighted by atomic mass is 19.1. The summed E-state index contributed by atoms with van der Waals surface area (Å²) in [7, 11) is 0. The van der Waals surface area contributed by atoms with Crippen molar-refractivity contribution in [2.75, 3.05) is 11.9 Å². The maximum atomic E-state index is 13.2. The number of hydrogen-bond acceptors (Lipinski definition) is 4. The van der Waals surface area contributed by atoms with Crippen molar-refractivity contribution in [3.63, 3.8) is 0 Å². The number of pyridine rings is 1. The molecule has 0 fully saturated rings. The Labute approximate surface area is 116 Å². The van der Waals surface area contributed by atoms with Crippen LogP contribution < -0.4 is 10.1 Å². The highest BCUT2D eigenvalue weighted by Crippen LogP contribution is 2.14. The summed E-state index contributed by atoms with van der Waals surface area (Å²) in [6.07, 6.45) is 1.67. The number of benzene rings is 1. The van der Waals surface area contributed by atoms with Crippen LogP contribution in [0.2, 0.25) is 0 Å². The van der Waals surface area contributed by atoms with Crippen LogP contribution in [0.1, 0.15) is 18.1 Å². The summed E-state index contributed by atoms with van der Waals surface area (Å²) in [6.45, 7) is 2.96. The summed E-state index contributed by atoms with van der Waals surface area (Å²) >= 11 is 0. The molecule has 1 heterocycles. The van der Waals surface area contributed by atoms with E-state index in [1.54, 1.807) is 18.3 Å². The van der Waals surface area contributed by atoms with Crippen molar-refractivity contribution in [1.29, 1.82) is 5.26 Å². The number of nitrogens with zero attached hydrogens (tertiary/aromatic N) is 2. The summed E-state index contributed by atoms with van der Waals surface area (Å²) < 4.78 is 18.4. The predicted molar refractivity (Wildman–Crippen MR) is 73.8 cm³/mol. The molecule has 102 valence electrons. The van der Waals surface area contributed by atoms with Gasteiger partial charge in [0.05, 0.1) is 24.1 Å². The molecule has 0 amide bonds. The van der Waals surface area contributed by atoms with Crippen LogP contribution in [0.5, 0.6) is 5.88 Å². The standard InChI is InChI=1S/C15H14FN3O/c1-2-20-15-6-4-13(10-19-15)18-9-11-3-5-14(16)12(7-11)8-17/h3-7,10,18H,2,9H2,1H3. The van der Waals surface area contributed by atoms with Gasteiger partial charge in [0.1, 0.15) is 11.9 Å². The topological polar surface area (TPSA) is 57.9 Å². The van der Waals surface area contributed by atoms with E-state index in [9.17, 15) is 4.39 Å². The highest BCUT2D eigenvalue weighted by Gasteiger charge is 2.03. The molecule has 0 unspecified atom stereocenters. The van der Waals surface area contributed by atoms with Crippen LogP contribution in [0.25, 0.3) is 0 Å². The van der Waals surface area contributed by atoms with E-state index < -0.39 is 5.82 Å². The van der Waals surface area contributed by atoms with Gasteiger partial charge in [-0.3, -0.25) is 0 Å². The summed E-state index contributed by atoms with van der Waals surface area (Å²) in [5, 5.41) is 11.9. The lowest BCUT2D eigenvalue weighted by Gasteiger charge is -2.08.